The molecule has 2 heteroatoms. The molecule has 0 spiro atoms. The van der Waals surface area contributed by atoms with E-state index in [1.807, 2.05) is 42.5 Å². The first-order chi connectivity index (χ1) is 13.3. The number of carbonyl (C=O) groups is 1. The van der Waals surface area contributed by atoms with E-state index in [2.05, 4.69) is 6.92 Å². The molecular weight excluding hydrogens is 332 g/mol. The Kier molecular flexibility index (Phi) is 15.5. The number of esters is 1. The van der Waals surface area contributed by atoms with Crippen molar-refractivity contribution in [3.05, 3.63) is 42.0 Å². The van der Waals surface area contributed by atoms with Crippen molar-refractivity contribution in [3.8, 4) is 0 Å². The van der Waals surface area contributed by atoms with Crippen LogP contribution in [0, 0.1) is 0 Å². The maximum Gasteiger partial charge on any atom is 0.306 e. The highest BCUT2D eigenvalue weighted by Gasteiger charge is 2.01. The zero-order chi connectivity index (χ0) is 19.4. The first kappa shape index (κ1) is 23.5. The molecule has 0 aliphatic rings. The minimum absolute atomic E-state index is 0.0733. The molecule has 1 aromatic carbocycles. The number of rotatable bonds is 17. The Morgan fingerprint density at radius 3 is 1.85 bits per heavy atom. The minimum atomic E-state index is -0.0733. The summed E-state index contributed by atoms with van der Waals surface area (Å²) in [5, 5.41) is 0. The van der Waals surface area contributed by atoms with Crippen LogP contribution in [-0.4, -0.2) is 12.6 Å². The molecule has 0 aliphatic carbocycles. The predicted octanol–water partition coefficient (Wildman–Crippen LogP) is 7.72. The molecule has 0 atom stereocenters. The number of hydrogen-bond acceptors (Lipinski definition) is 2. The molecular formula is C25H40O2. The van der Waals surface area contributed by atoms with Gasteiger partial charge < -0.3 is 4.74 Å². The third kappa shape index (κ3) is 15.2. The van der Waals surface area contributed by atoms with Crippen LogP contribution in [0.4, 0.5) is 0 Å². The third-order valence-corrected chi connectivity index (χ3v) is 4.93. The van der Waals surface area contributed by atoms with Gasteiger partial charge in [0.2, 0.25) is 0 Å². The summed E-state index contributed by atoms with van der Waals surface area (Å²) in [6, 6.07) is 10.1. The highest BCUT2D eigenvalue weighted by atomic mass is 16.5. The zero-order valence-corrected chi connectivity index (χ0v) is 17.5. The standard InChI is InChI=1S/C25H40O2/c1-2-3-4-5-6-7-8-9-10-11-12-13-17-22-25(26)27-23-18-21-24-19-15-14-16-20-24/h14-16,18-21H,2-13,17,22-23H2,1H3. The Morgan fingerprint density at radius 1 is 0.778 bits per heavy atom. The molecule has 0 radical (unpaired) electrons. The Balaban J connectivity index is 1.82. The number of unbranched alkanes of at least 4 members (excludes halogenated alkanes) is 12. The van der Waals surface area contributed by atoms with Gasteiger partial charge in [0, 0.05) is 6.42 Å². The fourth-order valence-corrected chi connectivity index (χ4v) is 3.25. The van der Waals surface area contributed by atoms with Gasteiger partial charge in [-0.05, 0) is 18.1 Å². The first-order valence-corrected chi connectivity index (χ1v) is 11.2. The maximum atomic E-state index is 11.7. The second kappa shape index (κ2) is 17.8. The fraction of sp³-hybridized carbons (Fsp3) is 0.640. The van der Waals surface area contributed by atoms with E-state index in [4.69, 9.17) is 4.74 Å². The molecule has 0 unspecified atom stereocenters. The molecule has 0 bridgehead atoms. The Morgan fingerprint density at radius 2 is 1.30 bits per heavy atom. The van der Waals surface area contributed by atoms with Crippen molar-refractivity contribution >= 4 is 12.0 Å². The van der Waals surface area contributed by atoms with E-state index >= 15 is 0 Å². The molecule has 27 heavy (non-hydrogen) atoms. The summed E-state index contributed by atoms with van der Waals surface area (Å²) in [5.41, 5.74) is 1.13. The van der Waals surface area contributed by atoms with Gasteiger partial charge in [0.05, 0.1) is 0 Å². The normalized spacial score (nSPS) is 11.1. The van der Waals surface area contributed by atoms with Crippen molar-refractivity contribution in [2.45, 2.75) is 96.8 Å². The van der Waals surface area contributed by atoms with Gasteiger partial charge >= 0.3 is 5.97 Å². The predicted molar refractivity (Wildman–Crippen MR) is 117 cm³/mol. The van der Waals surface area contributed by atoms with E-state index in [-0.39, 0.29) is 5.97 Å². The first-order valence-electron chi connectivity index (χ1n) is 11.2. The van der Waals surface area contributed by atoms with Crippen LogP contribution < -0.4 is 0 Å². The second-order valence-corrected chi connectivity index (χ2v) is 7.49. The second-order valence-electron chi connectivity index (χ2n) is 7.49. The van der Waals surface area contributed by atoms with E-state index in [1.165, 1.54) is 70.6 Å². The lowest BCUT2D eigenvalue weighted by Crippen LogP contribution is -2.03. The van der Waals surface area contributed by atoms with E-state index in [9.17, 15) is 4.79 Å². The molecule has 0 aliphatic heterocycles. The lowest BCUT2D eigenvalue weighted by molar-refractivity contribution is -0.142. The van der Waals surface area contributed by atoms with Crippen molar-refractivity contribution in [1.29, 1.82) is 0 Å². The van der Waals surface area contributed by atoms with Crippen LogP contribution in [0.2, 0.25) is 0 Å². The molecule has 0 fully saturated rings. The van der Waals surface area contributed by atoms with Gasteiger partial charge in [-0.15, -0.1) is 0 Å². The summed E-state index contributed by atoms with van der Waals surface area (Å²) in [7, 11) is 0. The van der Waals surface area contributed by atoms with Crippen LogP contribution in [-0.2, 0) is 9.53 Å². The van der Waals surface area contributed by atoms with Gasteiger partial charge in [-0.25, -0.2) is 0 Å². The number of carbonyl (C=O) groups excluding carboxylic acids is 1. The molecule has 0 aromatic heterocycles. The molecule has 1 rings (SSSR count). The summed E-state index contributed by atoms with van der Waals surface area (Å²) in [6.07, 6.45) is 21.6. The molecule has 0 heterocycles. The quantitative estimate of drug-likeness (QED) is 0.207. The Bertz CT molecular complexity index is 478. The molecule has 152 valence electrons. The van der Waals surface area contributed by atoms with E-state index in [0.717, 1.165) is 18.4 Å². The van der Waals surface area contributed by atoms with Gasteiger partial charge in [-0.2, -0.15) is 0 Å². The minimum Gasteiger partial charge on any atom is -0.461 e. The lowest BCUT2D eigenvalue weighted by atomic mass is 10.0. The highest BCUT2D eigenvalue weighted by Crippen LogP contribution is 2.13. The van der Waals surface area contributed by atoms with E-state index in [1.54, 1.807) is 0 Å². The monoisotopic (exact) mass is 372 g/mol. The SMILES string of the molecule is CCCCCCCCCCCCCCCC(=O)OCC=Cc1ccccc1. The fourth-order valence-electron chi connectivity index (χ4n) is 3.25. The third-order valence-electron chi connectivity index (χ3n) is 4.93. The number of hydrogen-bond donors (Lipinski definition) is 0. The molecule has 2 nitrogen and oxygen atoms in total. The summed E-state index contributed by atoms with van der Waals surface area (Å²) < 4.78 is 5.25. The van der Waals surface area contributed by atoms with Gasteiger partial charge in [-0.3, -0.25) is 4.79 Å². The molecule has 1 aromatic rings. The molecule has 0 saturated carbocycles. The van der Waals surface area contributed by atoms with Gasteiger partial charge in [0.1, 0.15) is 6.61 Å². The molecule has 0 amide bonds. The van der Waals surface area contributed by atoms with Crippen LogP contribution in [0.1, 0.15) is 102 Å². The van der Waals surface area contributed by atoms with Crippen molar-refractivity contribution in [2.75, 3.05) is 6.61 Å². The van der Waals surface area contributed by atoms with Crippen molar-refractivity contribution < 1.29 is 9.53 Å². The largest absolute Gasteiger partial charge is 0.461 e. The van der Waals surface area contributed by atoms with E-state index < -0.39 is 0 Å². The van der Waals surface area contributed by atoms with Gasteiger partial charge in [-0.1, -0.05) is 120 Å². The zero-order valence-electron chi connectivity index (χ0n) is 17.5. The Hall–Kier alpha value is -1.57. The number of ether oxygens (including phenoxy) is 1. The molecule has 0 saturated heterocycles. The molecule has 0 N–H and O–H groups in total. The van der Waals surface area contributed by atoms with Crippen LogP contribution in [0.3, 0.4) is 0 Å². The average Bonchev–Trinajstić information content (AvgIpc) is 2.69. The van der Waals surface area contributed by atoms with Crippen molar-refractivity contribution in [3.63, 3.8) is 0 Å². The summed E-state index contributed by atoms with van der Waals surface area (Å²) >= 11 is 0. The summed E-state index contributed by atoms with van der Waals surface area (Å²) in [5.74, 6) is -0.0733. The summed E-state index contributed by atoms with van der Waals surface area (Å²) in [4.78, 5) is 11.7. The smallest absolute Gasteiger partial charge is 0.306 e. The number of benzene rings is 1. The average molecular weight is 373 g/mol. The van der Waals surface area contributed by atoms with Crippen LogP contribution >= 0.6 is 0 Å². The topological polar surface area (TPSA) is 26.3 Å². The van der Waals surface area contributed by atoms with Crippen LogP contribution in [0.25, 0.3) is 6.08 Å². The lowest BCUT2D eigenvalue weighted by Gasteiger charge is -2.04. The van der Waals surface area contributed by atoms with Crippen LogP contribution in [0.15, 0.2) is 36.4 Å². The van der Waals surface area contributed by atoms with Gasteiger partial charge in [0.25, 0.3) is 0 Å². The van der Waals surface area contributed by atoms with E-state index in [0.29, 0.717) is 13.0 Å². The van der Waals surface area contributed by atoms with Crippen molar-refractivity contribution in [1.82, 2.24) is 0 Å². The maximum absolute atomic E-state index is 11.7. The Labute approximate surface area is 167 Å². The van der Waals surface area contributed by atoms with Crippen LogP contribution in [0.5, 0.6) is 0 Å². The van der Waals surface area contributed by atoms with Crippen molar-refractivity contribution in [2.24, 2.45) is 0 Å². The summed E-state index contributed by atoms with van der Waals surface area (Å²) in [6.45, 7) is 2.64. The van der Waals surface area contributed by atoms with Gasteiger partial charge in [0.15, 0.2) is 0 Å². The highest BCUT2D eigenvalue weighted by molar-refractivity contribution is 5.69.